The number of nitrogens with one attached hydrogen (secondary N) is 1. The monoisotopic (exact) mass is 377 g/mol. The van der Waals surface area contributed by atoms with Gasteiger partial charge in [-0.25, -0.2) is 4.98 Å². The fourth-order valence-electron chi connectivity index (χ4n) is 2.65. The molecule has 3 aromatic rings. The number of amides is 1. The maximum absolute atomic E-state index is 12.5. The lowest BCUT2D eigenvalue weighted by Gasteiger charge is -2.10. The number of nitro groups is 1. The molecule has 7 heteroatoms. The third-order valence-electron chi connectivity index (χ3n) is 4.03. The number of non-ortho nitro benzene ring substituents is 1. The normalized spacial score (nSPS) is 10.3. The van der Waals surface area contributed by atoms with Crippen LogP contribution in [0, 0.1) is 10.1 Å². The van der Waals surface area contributed by atoms with E-state index in [4.69, 9.17) is 4.74 Å². The summed E-state index contributed by atoms with van der Waals surface area (Å²) in [6.07, 6.45) is 3.17. The van der Waals surface area contributed by atoms with Crippen LogP contribution in [0.5, 0.6) is 11.6 Å². The van der Waals surface area contributed by atoms with Gasteiger partial charge in [0.15, 0.2) is 0 Å². The van der Waals surface area contributed by atoms with Crippen LogP contribution in [0.4, 0.5) is 5.69 Å². The molecule has 7 nitrogen and oxygen atoms in total. The first-order valence-corrected chi connectivity index (χ1v) is 8.83. The fraction of sp³-hybridized carbons (Fsp3) is 0.143. The Balaban J connectivity index is 1.62. The predicted octanol–water partition coefficient (Wildman–Crippen LogP) is 4.14. The van der Waals surface area contributed by atoms with Gasteiger partial charge in [0, 0.05) is 18.8 Å². The topological polar surface area (TPSA) is 94.4 Å². The van der Waals surface area contributed by atoms with Crippen LogP contribution < -0.4 is 10.1 Å². The van der Waals surface area contributed by atoms with Gasteiger partial charge in [-0.15, -0.1) is 0 Å². The van der Waals surface area contributed by atoms with Crippen LogP contribution >= 0.6 is 0 Å². The average molecular weight is 377 g/mol. The molecular weight excluding hydrogens is 358 g/mol. The molecule has 142 valence electrons. The average Bonchev–Trinajstić information content (AvgIpc) is 2.72. The Morgan fingerprint density at radius 1 is 1.07 bits per heavy atom. The van der Waals surface area contributed by atoms with Crippen LogP contribution in [0.3, 0.4) is 0 Å². The van der Waals surface area contributed by atoms with Crippen molar-refractivity contribution in [3.63, 3.8) is 0 Å². The zero-order valence-electron chi connectivity index (χ0n) is 15.1. The van der Waals surface area contributed by atoms with Crippen LogP contribution in [-0.2, 0) is 6.42 Å². The Labute approximate surface area is 162 Å². The number of pyridine rings is 1. The summed E-state index contributed by atoms with van der Waals surface area (Å²) < 4.78 is 5.62. The molecule has 0 bridgehead atoms. The van der Waals surface area contributed by atoms with Crippen molar-refractivity contribution in [3.05, 3.63) is 94.2 Å². The van der Waals surface area contributed by atoms with Crippen LogP contribution in [0.15, 0.2) is 72.9 Å². The Morgan fingerprint density at radius 2 is 1.89 bits per heavy atom. The minimum atomic E-state index is -0.508. The third-order valence-corrected chi connectivity index (χ3v) is 4.03. The van der Waals surface area contributed by atoms with Crippen molar-refractivity contribution in [3.8, 4) is 11.6 Å². The number of aromatic nitrogens is 1. The number of nitro benzene ring substituents is 1. The van der Waals surface area contributed by atoms with Crippen molar-refractivity contribution >= 4 is 11.6 Å². The molecule has 0 aliphatic heterocycles. The standard InChI is InChI=1S/C21H19N3O4/c25-20(22-13-5-9-16-7-2-1-3-8-16)19-12-6-14-23-21(19)28-18-11-4-10-17(15-18)24(26)27/h1-4,6-8,10-12,14-15H,5,9,13H2,(H,22,25). The predicted molar refractivity (Wildman–Crippen MR) is 105 cm³/mol. The summed E-state index contributed by atoms with van der Waals surface area (Å²) in [5, 5.41) is 13.8. The molecule has 1 N–H and O–H groups in total. The lowest BCUT2D eigenvalue weighted by molar-refractivity contribution is -0.384. The molecule has 0 spiro atoms. The molecule has 0 radical (unpaired) electrons. The smallest absolute Gasteiger partial charge is 0.273 e. The maximum Gasteiger partial charge on any atom is 0.273 e. The minimum absolute atomic E-state index is 0.0969. The second-order valence-electron chi connectivity index (χ2n) is 6.06. The molecule has 0 aliphatic carbocycles. The maximum atomic E-state index is 12.5. The molecule has 0 unspecified atom stereocenters. The molecule has 0 fully saturated rings. The van der Waals surface area contributed by atoms with E-state index in [0.29, 0.717) is 6.54 Å². The van der Waals surface area contributed by atoms with Crippen molar-refractivity contribution in [1.29, 1.82) is 0 Å². The summed E-state index contributed by atoms with van der Waals surface area (Å²) in [5.41, 5.74) is 1.39. The summed E-state index contributed by atoms with van der Waals surface area (Å²) in [6, 6.07) is 19.0. The molecule has 1 amide bonds. The number of nitrogens with zero attached hydrogens (tertiary/aromatic N) is 2. The molecule has 2 aromatic carbocycles. The van der Waals surface area contributed by atoms with Gasteiger partial charge in [0.05, 0.1) is 11.0 Å². The molecule has 0 atom stereocenters. The number of aryl methyl sites for hydroxylation is 1. The van der Waals surface area contributed by atoms with Gasteiger partial charge >= 0.3 is 0 Å². The minimum Gasteiger partial charge on any atom is -0.438 e. The summed E-state index contributed by atoms with van der Waals surface area (Å²) in [5.74, 6) is 0.0381. The van der Waals surface area contributed by atoms with Crippen LogP contribution in [-0.4, -0.2) is 22.4 Å². The largest absolute Gasteiger partial charge is 0.438 e. The summed E-state index contributed by atoms with van der Waals surface area (Å²) in [6.45, 7) is 0.513. The summed E-state index contributed by atoms with van der Waals surface area (Å²) in [7, 11) is 0. The van der Waals surface area contributed by atoms with Crippen LogP contribution in [0.25, 0.3) is 0 Å². The lowest BCUT2D eigenvalue weighted by Crippen LogP contribution is -2.25. The molecule has 28 heavy (non-hydrogen) atoms. The van der Waals surface area contributed by atoms with E-state index < -0.39 is 4.92 Å². The van der Waals surface area contributed by atoms with Crippen LogP contribution in [0.1, 0.15) is 22.3 Å². The number of carbonyl (C=O) groups excluding carboxylic acids is 1. The Kier molecular flexibility index (Phi) is 6.30. The van der Waals surface area contributed by atoms with E-state index in [1.165, 1.54) is 30.0 Å². The number of benzene rings is 2. The van der Waals surface area contributed by atoms with E-state index in [0.717, 1.165) is 12.8 Å². The van der Waals surface area contributed by atoms with Crippen molar-refractivity contribution in [2.24, 2.45) is 0 Å². The van der Waals surface area contributed by atoms with Gasteiger partial charge in [-0.2, -0.15) is 0 Å². The van der Waals surface area contributed by atoms with Gasteiger partial charge < -0.3 is 10.1 Å². The first-order chi connectivity index (χ1) is 13.6. The van der Waals surface area contributed by atoms with Gasteiger partial charge in [-0.1, -0.05) is 36.4 Å². The number of ether oxygens (including phenoxy) is 1. The molecular formula is C21H19N3O4. The highest BCUT2D eigenvalue weighted by Gasteiger charge is 2.15. The molecule has 0 saturated carbocycles. The SMILES string of the molecule is O=C(NCCCc1ccccc1)c1cccnc1Oc1cccc([N+](=O)[O-])c1. The molecule has 3 rings (SSSR count). The highest BCUT2D eigenvalue weighted by atomic mass is 16.6. The van der Waals surface area contributed by atoms with Crippen molar-refractivity contribution in [1.82, 2.24) is 10.3 Å². The van der Waals surface area contributed by atoms with Crippen molar-refractivity contribution < 1.29 is 14.5 Å². The summed E-state index contributed by atoms with van der Waals surface area (Å²) >= 11 is 0. The van der Waals surface area contributed by atoms with Gasteiger partial charge in [-0.05, 0) is 36.6 Å². The molecule has 1 aromatic heterocycles. The zero-order valence-corrected chi connectivity index (χ0v) is 15.1. The van der Waals surface area contributed by atoms with Gasteiger partial charge in [0.1, 0.15) is 11.3 Å². The van der Waals surface area contributed by atoms with Crippen LogP contribution in [0.2, 0.25) is 0 Å². The van der Waals surface area contributed by atoms with Gasteiger partial charge in [0.2, 0.25) is 5.88 Å². The molecule has 0 aliphatic rings. The molecule has 1 heterocycles. The second kappa shape index (κ2) is 9.27. The van der Waals surface area contributed by atoms with Gasteiger partial charge in [0.25, 0.3) is 11.6 Å². The van der Waals surface area contributed by atoms with E-state index in [2.05, 4.69) is 10.3 Å². The van der Waals surface area contributed by atoms with Crippen molar-refractivity contribution in [2.45, 2.75) is 12.8 Å². The zero-order chi connectivity index (χ0) is 19.8. The number of rotatable bonds is 8. The van der Waals surface area contributed by atoms with Gasteiger partial charge in [-0.3, -0.25) is 14.9 Å². The first kappa shape index (κ1) is 19.0. The number of carbonyl (C=O) groups is 1. The fourth-order valence-corrected chi connectivity index (χ4v) is 2.65. The first-order valence-electron chi connectivity index (χ1n) is 8.83. The Bertz CT molecular complexity index is 961. The number of hydrogen-bond donors (Lipinski definition) is 1. The highest BCUT2D eigenvalue weighted by Crippen LogP contribution is 2.26. The van der Waals surface area contributed by atoms with E-state index in [9.17, 15) is 14.9 Å². The number of hydrogen-bond acceptors (Lipinski definition) is 5. The lowest BCUT2D eigenvalue weighted by atomic mass is 10.1. The highest BCUT2D eigenvalue weighted by molar-refractivity contribution is 5.96. The van der Waals surface area contributed by atoms with E-state index in [1.54, 1.807) is 18.2 Å². The quantitative estimate of drug-likeness (QED) is 0.362. The molecule has 0 saturated heterocycles. The van der Waals surface area contributed by atoms with E-state index in [1.807, 2.05) is 30.3 Å². The Morgan fingerprint density at radius 3 is 2.68 bits per heavy atom. The third kappa shape index (κ3) is 5.14. The van der Waals surface area contributed by atoms with E-state index in [-0.39, 0.29) is 28.8 Å². The second-order valence-corrected chi connectivity index (χ2v) is 6.06. The Hall–Kier alpha value is -3.74. The summed E-state index contributed by atoms with van der Waals surface area (Å²) in [4.78, 5) is 27.0. The van der Waals surface area contributed by atoms with Crippen molar-refractivity contribution in [2.75, 3.05) is 6.54 Å². The van der Waals surface area contributed by atoms with E-state index >= 15 is 0 Å².